The van der Waals surface area contributed by atoms with Crippen molar-refractivity contribution in [2.45, 2.75) is 72.1 Å². The fourth-order valence-corrected chi connectivity index (χ4v) is 3.71. The maximum absolute atomic E-state index is 12.9. The Morgan fingerprint density at radius 1 is 0.889 bits per heavy atom. The Hall–Kier alpha value is -2.29. The van der Waals surface area contributed by atoms with E-state index >= 15 is 0 Å². The lowest BCUT2D eigenvalue weighted by atomic mass is 9.76. The summed E-state index contributed by atoms with van der Waals surface area (Å²) in [5.41, 5.74) is 5.11. The Labute approximate surface area is 162 Å². The molecule has 0 fully saturated rings. The number of carbonyl (C=O) groups is 1. The fraction of sp³-hybridized carbons (Fsp3) is 0.458. The van der Waals surface area contributed by atoms with Gasteiger partial charge in [-0.25, -0.2) is 0 Å². The van der Waals surface area contributed by atoms with E-state index < -0.39 is 5.92 Å². The van der Waals surface area contributed by atoms with Crippen LogP contribution in [0.1, 0.15) is 80.8 Å². The number of phenolic OH excluding ortho intramolecular Hbond substituents is 1. The van der Waals surface area contributed by atoms with Crippen molar-refractivity contribution < 1.29 is 14.6 Å². The van der Waals surface area contributed by atoms with Crippen LogP contribution in [0, 0.1) is 13.8 Å². The van der Waals surface area contributed by atoms with Crippen LogP contribution in [-0.2, 0) is 15.6 Å². The van der Waals surface area contributed by atoms with Gasteiger partial charge in [0, 0.05) is 11.1 Å². The summed E-state index contributed by atoms with van der Waals surface area (Å²) in [5, 5.41) is 11.2. The van der Waals surface area contributed by atoms with Gasteiger partial charge in [-0.3, -0.25) is 4.79 Å². The molecule has 1 heterocycles. The number of fused-ring (bicyclic) bond motifs is 1. The minimum Gasteiger partial charge on any atom is -0.507 e. The lowest BCUT2D eigenvalue weighted by Gasteiger charge is -2.28. The second-order valence-corrected chi connectivity index (χ2v) is 9.76. The molecule has 0 spiro atoms. The fourth-order valence-electron chi connectivity index (χ4n) is 3.71. The first-order chi connectivity index (χ1) is 12.3. The van der Waals surface area contributed by atoms with Gasteiger partial charge >= 0.3 is 5.97 Å². The van der Waals surface area contributed by atoms with E-state index in [4.69, 9.17) is 4.74 Å². The molecule has 2 aromatic carbocycles. The van der Waals surface area contributed by atoms with Crippen LogP contribution in [0.3, 0.4) is 0 Å². The Kier molecular flexibility index (Phi) is 4.41. The number of hydrogen-bond donors (Lipinski definition) is 1. The number of ether oxygens (including phenoxy) is 1. The molecular formula is C24H30O3. The lowest BCUT2D eigenvalue weighted by molar-refractivity contribution is -0.133. The second kappa shape index (κ2) is 6.12. The molecule has 1 atom stereocenters. The van der Waals surface area contributed by atoms with Crippen molar-refractivity contribution in [2.75, 3.05) is 0 Å². The summed E-state index contributed by atoms with van der Waals surface area (Å²) < 4.78 is 5.75. The van der Waals surface area contributed by atoms with Crippen molar-refractivity contribution in [1.29, 1.82) is 0 Å². The van der Waals surface area contributed by atoms with Gasteiger partial charge in [0.15, 0.2) is 0 Å². The lowest BCUT2D eigenvalue weighted by Crippen LogP contribution is -2.18. The van der Waals surface area contributed by atoms with E-state index in [0.717, 1.165) is 22.3 Å². The number of aromatic hydroxyl groups is 1. The van der Waals surface area contributed by atoms with Gasteiger partial charge in [-0.05, 0) is 47.4 Å². The number of benzene rings is 2. The number of phenols is 1. The maximum atomic E-state index is 12.9. The van der Waals surface area contributed by atoms with Crippen molar-refractivity contribution >= 4 is 5.97 Å². The molecule has 0 amide bonds. The predicted octanol–water partition coefficient (Wildman–Crippen LogP) is 5.65. The number of rotatable bonds is 1. The summed E-state index contributed by atoms with van der Waals surface area (Å²) in [6.07, 6.45) is 0. The van der Waals surface area contributed by atoms with Crippen LogP contribution >= 0.6 is 0 Å². The van der Waals surface area contributed by atoms with Crippen LogP contribution in [0.2, 0.25) is 0 Å². The van der Waals surface area contributed by atoms with Gasteiger partial charge in [0.25, 0.3) is 0 Å². The highest BCUT2D eigenvalue weighted by Gasteiger charge is 2.42. The van der Waals surface area contributed by atoms with E-state index in [1.807, 2.05) is 38.1 Å². The van der Waals surface area contributed by atoms with E-state index in [9.17, 15) is 9.90 Å². The second-order valence-electron chi connectivity index (χ2n) is 9.76. The van der Waals surface area contributed by atoms with Gasteiger partial charge in [-0.1, -0.05) is 59.7 Å². The van der Waals surface area contributed by atoms with E-state index in [-0.39, 0.29) is 22.5 Å². The molecule has 2 aromatic rings. The molecule has 3 heteroatoms. The zero-order chi connectivity index (χ0) is 20.3. The van der Waals surface area contributed by atoms with Crippen molar-refractivity contribution in [3.8, 4) is 11.5 Å². The van der Waals surface area contributed by atoms with Crippen LogP contribution in [0.5, 0.6) is 11.5 Å². The van der Waals surface area contributed by atoms with Gasteiger partial charge in [0.05, 0.1) is 5.56 Å². The molecule has 0 aromatic heterocycles. The third-order valence-electron chi connectivity index (χ3n) is 5.50. The topological polar surface area (TPSA) is 46.5 Å². The molecule has 1 aliphatic heterocycles. The summed E-state index contributed by atoms with van der Waals surface area (Å²) in [7, 11) is 0. The van der Waals surface area contributed by atoms with Crippen molar-refractivity contribution in [1.82, 2.24) is 0 Å². The van der Waals surface area contributed by atoms with Crippen LogP contribution in [0.4, 0.5) is 0 Å². The first kappa shape index (κ1) is 19.5. The zero-order valence-electron chi connectivity index (χ0n) is 17.7. The van der Waals surface area contributed by atoms with Crippen molar-refractivity contribution in [3.63, 3.8) is 0 Å². The predicted molar refractivity (Wildman–Crippen MR) is 109 cm³/mol. The average molecular weight is 367 g/mol. The largest absolute Gasteiger partial charge is 0.507 e. The van der Waals surface area contributed by atoms with Crippen molar-refractivity contribution in [3.05, 3.63) is 57.6 Å². The molecule has 3 rings (SSSR count). The Morgan fingerprint density at radius 2 is 1.48 bits per heavy atom. The van der Waals surface area contributed by atoms with E-state index in [1.54, 1.807) is 0 Å². The summed E-state index contributed by atoms with van der Waals surface area (Å²) >= 11 is 0. The molecule has 144 valence electrons. The summed E-state index contributed by atoms with van der Waals surface area (Å²) in [6.45, 7) is 16.6. The maximum Gasteiger partial charge on any atom is 0.323 e. The van der Waals surface area contributed by atoms with Crippen LogP contribution in [0.15, 0.2) is 24.3 Å². The highest BCUT2D eigenvalue weighted by Crippen LogP contribution is 2.52. The minimum atomic E-state index is -0.595. The average Bonchev–Trinajstić information content (AvgIpc) is 2.85. The minimum absolute atomic E-state index is 0.180. The van der Waals surface area contributed by atoms with Crippen LogP contribution in [-0.4, -0.2) is 11.1 Å². The summed E-state index contributed by atoms with van der Waals surface area (Å²) in [5.74, 6) is -0.205. The molecule has 3 nitrogen and oxygen atoms in total. The third kappa shape index (κ3) is 3.24. The Morgan fingerprint density at radius 3 is 2.00 bits per heavy atom. The molecule has 0 aliphatic carbocycles. The molecule has 1 aliphatic rings. The van der Waals surface area contributed by atoms with E-state index in [1.165, 1.54) is 5.56 Å². The molecule has 0 saturated heterocycles. The SMILES string of the molecule is Cc1ccc(C2C(=O)Oc3c(C(C)(C)C)cc(C(C)(C)C)c(O)c32)cc1C. The van der Waals surface area contributed by atoms with E-state index in [0.29, 0.717) is 11.3 Å². The molecule has 0 bridgehead atoms. The van der Waals surface area contributed by atoms with Gasteiger partial charge < -0.3 is 9.84 Å². The van der Waals surface area contributed by atoms with Crippen LogP contribution in [0.25, 0.3) is 0 Å². The quantitative estimate of drug-likeness (QED) is 0.523. The Balaban J connectivity index is 2.34. The zero-order valence-corrected chi connectivity index (χ0v) is 17.7. The molecular weight excluding hydrogens is 336 g/mol. The standard InChI is InChI=1S/C24H30O3/c1-13-9-10-15(11-14(13)2)18-19-20(25)16(23(3,4)5)12-17(24(6,7)8)21(19)27-22(18)26/h9-12,18,25H,1-8H3. The van der Waals surface area contributed by atoms with Gasteiger partial charge in [0.1, 0.15) is 17.4 Å². The number of esters is 1. The smallest absolute Gasteiger partial charge is 0.323 e. The molecule has 0 saturated carbocycles. The van der Waals surface area contributed by atoms with Crippen LogP contribution < -0.4 is 4.74 Å². The number of hydrogen-bond acceptors (Lipinski definition) is 3. The van der Waals surface area contributed by atoms with Gasteiger partial charge in [0.2, 0.25) is 0 Å². The first-order valence-electron chi connectivity index (χ1n) is 9.52. The van der Waals surface area contributed by atoms with Crippen molar-refractivity contribution in [2.24, 2.45) is 0 Å². The molecule has 1 N–H and O–H groups in total. The van der Waals surface area contributed by atoms with E-state index in [2.05, 4.69) is 41.5 Å². The Bertz CT molecular complexity index is 924. The number of carbonyl (C=O) groups excluding carboxylic acids is 1. The third-order valence-corrected chi connectivity index (χ3v) is 5.50. The molecule has 27 heavy (non-hydrogen) atoms. The number of aryl methyl sites for hydroxylation is 2. The van der Waals surface area contributed by atoms with Gasteiger partial charge in [-0.15, -0.1) is 0 Å². The summed E-state index contributed by atoms with van der Waals surface area (Å²) in [4.78, 5) is 12.9. The molecule has 0 radical (unpaired) electrons. The highest BCUT2D eigenvalue weighted by atomic mass is 16.5. The monoisotopic (exact) mass is 366 g/mol. The highest BCUT2D eigenvalue weighted by molar-refractivity contribution is 5.92. The first-order valence-corrected chi connectivity index (χ1v) is 9.52. The van der Waals surface area contributed by atoms with Gasteiger partial charge in [-0.2, -0.15) is 0 Å². The summed E-state index contributed by atoms with van der Waals surface area (Å²) in [6, 6.07) is 8.01. The normalized spacial score (nSPS) is 17.0. The molecule has 1 unspecified atom stereocenters.